The number of hydrogen-bond donors (Lipinski definition) is 6. The smallest absolute Gasteiger partial charge is 0.261 e. The molecule has 0 saturated heterocycles. The third-order valence-electron chi connectivity index (χ3n) is 4.80. The van der Waals surface area contributed by atoms with Crippen molar-refractivity contribution in [3.8, 4) is 0 Å². The zero-order valence-corrected chi connectivity index (χ0v) is 25.2. The van der Waals surface area contributed by atoms with Gasteiger partial charge in [0.25, 0.3) is 10.0 Å². The second-order valence-electron chi connectivity index (χ2n) is 7.68. The van der Waals surface area contributed by atoms with Crippen LogP contribution in [0, 0.1) is 51.0 Å². The van der Waals surface area contributed by atoms with E-state index in [0.29, 0.717) is 5.56 Å². The van der Waals surface area contributed by atoms with Gasteiger partial charge in [0.15, 0.2) is 0 Å². The maximum atomic E-state index is 12.8. The summed E-state index contributed by atoms with van der Waals surface area (Å²) in [7, 11) is -3.86. The Morgan fingerprint density at radius 2 is 1.69 bits per heavy atom. The van der Waals surface area contributed by atoms with Gasteiger partial charge in [-0.25, -0.2) is 8.42 Å². The number of sulfonamides is 1. The summed E-state index contributed by atoms with van der Waals surface area (Å²) < 4.78 is 27.6. The van der Waals surface area contributed by atoms with Gasteiger partial charge in [-0.3, -0.25) is 19.1 Å². The molecule has 0 spiro atoms. The zero-order valence-electron chi connectivity index (χ0n) is 19.7. The number of aryl methyl sites for hydroxylation is 1. The van der Waals surface area contributed by atoms with Crippen LogP contribution in [0.2, 0.25) is 0 Å². The molecule has 2 aromatic rings. The summed E-state index contributed by atoms with van der Waals surface area (Å²) in [6.45, 7) is 1.67. The first-order chi connectivity index (χ1) is 16.4. The molecule has 3 atom stereocenters. The fourth-order valence-electron chi connectivity index (χ4n) is 2.85. The van der Waals surface area contributed by atoms with Gasteiger partial charge < -0.3 is 31.9 Å². The average molecular weight is 734 g/mol. The van der Waals surface area contributed by atoms with Gasteiger partial charge in [0.1, 0.15) is 6.04 Å². The van der Waals surface area contributed by atoms with Crippen molar-refractivity contribution in [2.24, 2.45) is 0 Å². The molecule has 7 N–H and O–H groups in total. The minimum Gasteiger partial charge on any atom is -0.665 e. The Morgan fingerprint density at radius 3 is 2.28 bits per heavy atom. The number of nitrogens with one attached hydrogen (secondary N) is 5. The number of rotatable bonds is 11. The number of benzene rings is 2. The fourth-order valence-corrected chi connectivity index (χ4v) is 3.92. The Kier molecular flexibility index (Phi) is 13.0. The number of aliphatic hydroxyl groups is 2. The van der Waals surface area contributed by atoms with Crippen molar-refractivity contribution in [3.63, 3.8) is 0 Å². The summed E-state index contributed by atoms with van der Waals surface area (Å²) in [5.74, 6) is -2.45. The van der Waals surface area contributed by atoms with Crippen LogP contribution >= 0.6 is 0 Å². The average Bonchev–Trinajstić information content (AvgIpc) is 2.82. The van der Waals surface area contributed by atoms with E-state index in [0.717, 1.165) is 0 Å². The van der Waals surface area contributed by atoms with Gasteiger partial charge in [-0.2, -0.15) is 0 Å². The normalized spacial score (nSPS) is 13.4. The Balaban J connectivity index is 0.00000648. The molecule has 2 aromatic carbocycles. The molecule has 193 valence electrons. The van der Waals surface area contributed by atoms with Gasteiger partial charge in [0.2, 0.25) is 17.7 Å². The Bertz CT molecular complexity index is 1160. The fraction of sp³-hybridized carbons (Fsp3) is 0.318. The Hall–Kier alpha value is -2.08. The predicted octanol–water partition coefficient (Wildman–Crippen LogP) is 0.129. The first kappa shape index (κ1) is 32.0. The molecule has 0 bridgehead atoms. The minimum atomic E-state index is -3.86. The van der Waals surface area contributed by atoms with Gasteiger partial charge in [0.05, 0.1) is 23.2 Å². The van der Waals surface area contributed by atoms with Crippen molar-refractivity contribution in [1.29, 1.82) is 0 Å². The number of hydrogen-bond acceptors (Lipinski definition) is 7. The van der Waals surface area contributed by atoms with Gasteiger partial charge in [0, 0.05) is 56.4 Å². The van der Waals surface area contributed by atoms with Crippen LogP contribution in [0.3, 0.4) is 0 Å². The first-order valence-corrected chi connectivity index (χ1v) is 12.0. The summed E-state index contributed by atoms with van der Waals surface area (Å²) in [5, 5.41) is 25.8. The molecule has 3 amide bonds. The summed E-state index contributed by atoms with van der Waals surface area (Å²) in [5.41, 5.74) is 8.30. The predicted molar refractivity (Wildman–Crippen MR) is 129 cm³/mol. The number of carbonyl (C=O) groups is 3. The molecule has 0 unspecified atom stereocenters. The van der Waals surface area contributed by atoms with Crippen molar-refractivity contribution in [2.75, 3.05) is 23.2 Å². The topological polar surface area (TPSA) is 198 Å². The van der Waals surface area contributed by atoms with E-state index in [1.165, 1.54) is 31.2 Å². The van der Waals surface area contributed by atoms with E-state index in [1.54, 1.807) is 31.2 Å². The summed E-state index contributed by atoms with van der Waals surface area (Å²) >= 11 is 0. The van der Waals surface area contributed by atoms with E-state index in [9.17, 15) is 27.9 Å². The van der Waals surface area contributed by atoms with Crippen molar-refractivity contribution in [3.05, 3.63) is 59.8 Å². The molecule has 12 nitrogen and oxygen atoms in total. The van der Waals surface area contributed by atoms with E-state index in [4.69, 9.17) is 10.8 Å². The van der Waals surface area contributed by atoms with Crippen molar-refractivity contribution in [2.45, 2.75) is 36.9 Å². The van der Waals surface area contributed by atoms with Gasteiger partial charge in [-0.15, -0.1) is 0 Å². The van der Waals surface area contributed by atoms with E-state index in [2.05, 4.69) is 20.7 Å². The second-order valence-corrected chi connectivity index (χ2v) is 9.36. The van der Waals surface area contributed by atoms with Gasteiger partial charge in [-0.05, 0) is 49.7 Å². The molecule has 2 rings (SSSR count). The number of amides is 3. The summed E-state index contributed by atoms with van der Waals surface area (Å²) in [4.78, 5) is 36.5. The minimum absolute atomic E-state index is 0. The molecule has 36 heavy (non-hydrogen) atoms. The Labute approximate surface area is 245 Å². The van der Waals surface area contributed by atoms with Crippen LogP contribution < -0.4 is 20.7 Å². The van der Waals surface area contributed by atoms with E-state index in [1.807, 2.05) is 0 Å². The molecule has 0 aliphatic heterocycles. The molecule has 1 radical (unpaired) electrons. The summed E-state index contributed by atoms with van der Waals surface area (Å²) in [6.07, 6.45) is -1.31. The molecule has 0 saturated carbocycles. The quantitative estimate of drug-likeness (QED) is 0.189. The number of aliphatic hydroxyl groups excluding tert-OH is 2. The molecule has 14 heteroatoms. The van der Waals surface area contributed by atoms with Crippen molar-refractivity contribution in [1.82, 2.24) is 10.6 Å². The maximum Gasteiger partial charge on any atom is 0.261 e. The maximum absolute atomic E-state index is 12.8. The monoisotopic (exact) mass is 733 g/mol. The third-order valence-corrected chi connectivity index (χ3v) is 6.20. The summed E-state index contributed by atoms with van der Waals surface area (Å²) in [6, 6.07) is 9.39. The first-order valence-electron chi connectivity index (χ1n) is 10.5. The van der Waals surface area contributed by atoms with Gasteiger partial charge >= 0.3 is 0 Å². The SMILES string of the molecule is Cc1ccc(NS(=O)(=O)c2ccccc2)cc1NC(=O)[C@@H](NC(=O)CNC(=O)[C@@H]([NH-])CO)[C@@H](C)O.[Ac]. The number of carbonyl (C=O) groups excluding carboxylic acids is 3. The standard InChI is InChI=1S/C22H28N5O7S.Ac/c1-13-8-9-15(27-35(33,34)16-6-4-3-5-7-16)10-18(13)25-22(32)20(14(2)29)26-19(30)11-24-21(31)17(23)12-28;/h3-10,14,17,20,23,27-29H,11-12H2,1-2H3,(H,24,31)(H,25,32)(H,26,30);/q-1;/t14-,17+,20+;/m1./s1. The largest absolute Gasteiger partial charge is 0.665 e. The van der Waals surface area contributed by atoms with Crippen LogP contribution in [-0.4, -0.2) is 67.7 Å². The van der Waals surface area contributed by atoms with Crippen LogP contribution in [0.5, 0.6) is 0 Å². The molecular weight excluding hydrogens is 705 g/mol. The zero-order chi connectivity index (χ0) is 26.2. The van der Waals surface area contributed by atoms with Crippen molar-refractivity contribution < 1.29 is 77.1 Å². The molecule has 0 heterocycles. The van der Waals surface area contributed by atoms with Crippen LogP contribution in [0.15, 0.2) is 53.4 Å². The van der Waals surface area contributed by atoms with Gasteiger partial charge in [-0.1, -0.05) is 24.3 Å². The van der Waals surface area contributed by atoms with Crippen LogP contribution in [0.25, 0.3) is 5.73 Å². The second kappa shape index (κ2) is 14.6. The molecule has 0 aliphatic rings. The van der Waals surface area contributed by atoms with Crippen molar-refractivity contribution >= 4 is 39.1 Å². The van der Waals surface area contributed by atoms with Crippen LogP contribution in [0.4, 0.5) is 11.4 Å². The molecule has 0 aliphatic carbocycles. The van der Waals surface area contributed by atoms with Crippen LogP contribution in [0.1, 0.15) is 12.5 Å². The van der Waals surface area contributed by atoms with E-state index in [-0.39, 0.29) is 60.3 Å². The molecule has 0 aromatic heterocycles. The molecular formula is C22H28AcN5O7S-. The molecule has 0 fully saturated rings. The number of anilines is 2. The Morgan fingerprint density at radius 1 is 1.06 bits per heavy atom. The van der Waals surface area contributed by atoms with E-state index < -0.39 is 59.1 Å². The van der Waals surface area contributed by atoms with E-state index >= 15 is 0 Å². The third kappa shape index (κ3) is 9.42. The van der Waals surface area contributed by atoms with Crippen LogP contribution in [-0.2, 0) is 24.4 Å².